The number of thioether (sulfide) groups is 1. The van der Waals surface area contributed by atoms with Gasteiger partial charge in [0.2, 0.25) is 5.91 Å². The number of nitrogens with zero attached hydrogens (tertiary/aromatic N) is 1. The van der Waals surface area contributed by atoms with Crippen molar-refractivity contribution >= 4 is 35.0 Å². The predicted octanol–water partition coefficient (Wildman–Crippen LogP) is 2.97. The topological polar surface area (TPSA) is 52.9 Å². The lowest BCUT2D eigenvalue weighted by Gasteiger charge is -2.23. The third kappa shape index (κ3) is 2.01. The molecule has 82 valence electrons. The number of fused-ring (bicyclic) bond motifs is 1. The summed E-state index contributed by atoms with van der Waals surface area (Å²) in [5.41, 5.74) is 1.71. The van der Waals surface area contributed by atoms with Gasteiger partial charge in [0.25, 0.3) is 0 Å². The van der Waals surface area contributed by atoms with E-state index in [2.05, 4.69) is 5.32 Å². The van der Waals surface area contributed by atoms with Crippen molar-refractivity contribution in [2.45, 2.75) is 23.5 Å². The minimum Gasteiger partial charge on any atom is -0.323 e. The maximum Gasteiger partial charge on any atom is 0.238 e. The van der Waals surface area contributed by atoms with Crippen LogP contribution in [0.25, 0.3) is 0 Å². The van der Waals surface area contributed by atoms with Crippen LogP contribution in [-0.2, 0) is 4.79 Å². The molecule has 5 heteroatoms. The highest BCUT2D eigenvalue weighted by Gasteiger charge is 2.28. The van der Waals surface area contributed by atoms with Crippen LogP contribution < -0.4 is 5.32 Å². The average molecular weight is 253 g/mol. The second-order valence-corrected chi connectivity index (χ2v) is 5.23. The predicted molar refractivity (Wildman–Crippen MR) is 64.7 cm³/mol. The van der Waals surface area contributed by atoms with Crippen molar-refractivity contribution in [3.63, 3.8) is 0 Å². The molecular weight excluding hydrogens is 244 g/mol. The number of hydrogen-bond acceptors (Lipinski definition) is 3. The summed E-state index contributed by atoms with van der Waals surface area (Å²) in [5, 5.41) is 11.6. The zero-order valence-corrected chi connectivity index (χ0v) is 10.2. The van der Waals surface area contributed by atoms with E-state index in [1.54, 1.807) is 0 Å². The number of benzene rings is 1. The zero-order chi connectivity index (χ0) is 11.7. The highest BCUT2D eigenvalue weighted by atomic mass is 35.5. The summed E-state index contributed by atoms with van der Waals surface area (Å²) in [6, 6.07) is 5.79. The number of rotatable bonds is 1. The Kier molecular flexibility index (Phi) is 3.08. The Labute approximate surface area is 103 Å². The van der Waals surface area contributed by atoms with E-state index < -0.39 is 0 Å². The lowest BCUT2D eigenvalue weighted by atomic mass is 10.2. The summed E-state index contributed by atoms with van der Waals surface area (Å²) in [4.78, 5) is 12.6. The van der Waals surface area contributed by atoms with Crippen LogP contribution in [0.4, 0.5) is 5.69 Å². The fourth-order valence-electron chi connectivity index (χ4n) is 1.55. The first-order valence-electron chi connectivity index (χ1n) is 4.76. The number of hydrogen-bond donors (Lipinski definition) is 1. The highest BCUT2D eigenvalue weighted by Crippen LogP contribution is 2.41. The Morgan fingerprint density at radius 3 is 3.06 bits per heavy atom. The van der Waals surface area contributed by atoms with E-state index in [1.807, 2.05) is 25.1 Å². The summed E-state index contributed by atoms with van der Waals surface area (Å²) in [6.45, 7) is 1.95. The van der Waals surface area contributed by atoms with Crippen LogP contribution in [0, 0.1) is 18.3 Å². The second kappa shape index (κ2) is 4.36. The lowest BCUT2D eigenvalue weighted by molar-refractivity contribution is -0.115. The second-order valence-electron chi connectivity index (χ2n) is 3.58. The fourth-order valence-corrected chi connectivity index (χ4v) is 3.09. The molecule has 1 N–H and O–H groups in total. The van der Waals surface area contributed by atoms with Crippen LogP contribution in [0.1, 0.15) is 12.0 Å². The molecule has 1 unspecified atom stereocenters. The van der Waals surface area contributed by atoms with Crippen molar-refractivity contribution in [1.82, 2.24) is 0 Å². The van der Waals surface area contributed by atoms with Crippen molar-refractivity contribution < 1.29 is 4.79 Å². The van der Waals surface area contributed by atoms with Gasteiger partial charge in [0.05, 0.1) is 23.2 Å². The Morgan fingerprint density at radius 2 is 2.38 bits per heavy atom. The van der Waals surface area contributed by atoms with Gasteiger partial charge in [-0.3, -0.25) is 4.79 Å². The summed E-state index contributed by atoms with van der Waals surface area (Å²) >= 11 is 7.44. The van der Waals surface area contributed by atoms with Crippen molar-refractivity contribution in [1.29, 1.82) is 5.26 Å². The van der Waals surface area contributed by atoms with Crippen LogP contribution in [0.3, 0.4) is 0 Å². The molecular formula is C11H9ClN2OS. The first-order valence-corrected chi connectivity index (χ1v) is 6.02. The summed E-state index contributed by atoms with van der Waals surface area (Å²) < 4.78 is 0. The molecule has 1 aliphatic heterocycles. The van der Waals surface area contributed by atoms with Gasteiger partial charge in [-0.15, -0.1) is 11.8 Å². The number of carbonyl (C=O) groups excluding carboxylic acids is 1. The van der Waals surface area contributed by atoms with E-state index in [9.17, 15) is 4.79 Å². The molecule has 0 bridgehead atoms. The molecule has 1 aliphatic rings. The van der Waals surface area contributed by atoms with Gasteiger partial charge in [0.1, 0.15) is 5.25 Å². The maximum absolute atomic E-state index is 11.6. The molecule has 0 saturated heterocycles. The molecule has 1 aromatic carbocycles. The molecule has 0 radical (unpaired) electrons. The van der Waals surface area contributed by atoms with Gasteiger partial charge in [-0.25, -0.2) is 0 Å². The molecule has 2 rings (SSSR count). The lowest BCUT2D eigenvalue weighted by Crippen LogP contribution is -2.28. The number of nitrogens with one attached hydrogen (secondary N) is 1. The SMILES string of the molecule is Cc1cc(Cl)c2c(c1)SC(CC#N)C(=O)N2. The number of aryl methyl sites for hydroxylation is 1. The molecule has 0 aromatic heterocycles. The van der Waals surface area contributed by atoms with Gasteiger partial charge in [0.15, 0.2) is 0 Å². The zero-order valence-electron chi connectivity index (χ0n) is 8.58. The highest BCUT2D eigenvalue weighted by molar-refractivity contribution is 8.01. The third-order valence-electron chi connectivity index (χ3n) is 2.28. The largest absolute Gasteiger partial charge is 0.323 e. The average Bonchev–Trinajstić information content (AvgIpc) is 2.21. The summed E-state index contributed by atoms with van der Waals surface area (Å²) in [6.07, 6.45) is 0.210. The molecule has 1 aromatic rings. The number of nitriles is 1. The first kappa shape index (κ1) is 11.3. The first-order chi connectivity index (χ1) is 7.61. The van der Waals surface area contributed by atoms with Crippen LogP contribution in [0.5, 0.6) is 0 Å². The smallest absolute Gasteiger partial charge is 0.238 e. The van der Waals surface area contributed by atoms with Crippen LogP contribution in [0.15, 0.2) is 17.0 Å². The number of amides is 1. The molecule has 16 heavy (non-hydrogen) atoms. The van der Waals surface area contributed by atoms with Gasteiger partial charge in [-0.2, -0.15) is 5.26 Å². The Bertz CT molecular complexity index is 495. The Balaban J connectivity index is 2.40. The molecule has 1 heterocycles. The van der Waals surface area contributed by atoms with Crippen molar-refractivity contribution in [3.8, 4) is 6.07 Å². The molecule has 0 saturated carbocycles. The Hall–Kier alpha value is -1.18. The quantitative estimate of drug-likeness (QED) is 0.836. The van der Waals surface area contributed by atoms with E-state index in [0.29, 0.717) is 10.7 Å². The van der Waals surface area contributed by atoms with E-state index in [-0.39, 0.29) is 17.6 Å². The monoisotopic (exact) mass is 252 g/mol. The van der Waals surface area contributed by atoms with Crippen LogP contribution >= 0.6 is 23.4 Å². The Morgan fingerprint density at radius 1 is 1.62 bits per heavy atom. The fraction of sp³-hybridized carbons (Fsp3) is 0.273. The van der Waals surface area contributed by atoms with E-state index in [4.69, 9.17) is 16.9 Å². The molecule has 1 amide bonds. The normalized spacial score (nSPS) is 18.6. The van der Waals surface area contributed by atoms with Gasteiger partial charge in [-0.1, -0.05) is 11.6 Å². The van der Waals surface area contributed by atoms with Crippen molar-refractivity contribution in [3.05, 3.63) is 22.7 Å². The molecule has 0 aliphatic carbocycles. The number of anilines is 1. The van der Waals surface area contributed by atoms with E-state index in [0.717, 1.165) is 10.5 Å². The van der Waals surface area contributed by atoms with Gasteiger partial charge in [0, 0.05) is 4.90 Å². The van der Waals surface area contributed by atoms with Crippen LogP contribution in [0.2, 0.25) is 5.02 Å². The van der Waals surface area contributed by atoms with E-state index in [1.165, 1.54) is 11.8 Å². The molecule has 3 nitrogen and oxygen atoms in total. The summed E-state index contributed by atoms with van der Waals surface area (Å²) in [7, 11) is 0. The maximum atomic E-state index is 11.6. The third-order valence-corrected chi connectivity index (χ3v) is 3.82. The van der Waals surface area contributed by atoms with Gasteiger partial charge < -0.3 is 5.32 Å². The molecule has 0 fully saturated rings. The molecule has 1 atom stereocenters. The van der Waals surface area contributed by atoms with Crippen molar-refractivity contribution in [2.24, 2.45) is 0 Å². The minimum absolute atomic E-state index is 0.148. The van der Waals surface area contributed by atoms with Gasteiger partial charge in [-0.05, 0) is 24.6 Å². The number of carbonyl (C=O) groups is 1. The van der Waals surface area contributed by atoms with E-state index >= 15 is 0 Å². The number of halogens is 1. The minimum atomic E-state index is -0.338. The molecule has 0 spiro atoms. The standard InChI is InChI=1S/C11H9ClN2OS/c1-6-4-7(12)10-9(5-6)16-8(2-3-13)11(15)14-10/h4-5,8H,2H2,1H3,(H,14,15). The van der Waals surface area contributed by atoms with Crippen molar-refractivity contribution in [2.75, 3.05) is 5.32 Å². The summed E-state index contributed by atoms with van der Waals surface area (Å²) in [5.74, 6) is -0.148. The van der Waals surface area contributed by atoms with Gasteiger partial charge >= 0.3 is 0 Å². The van der Waals surface area contributed by atoms with Crippen LogP contribution in [-0.4, -0.2) is 11.2 Å².